The Bertz CT molecular complexity index is 859. The van der Waals surface area contributed by atoms with Crippen molar-refractivity contribution in [2.24, 2.45) is 0 Å². The molecule has 1 atom stereocenters. The Morgan fingerprint density at radius 1 is 1.11 bits per heavy atom. The Morgan fingerprint density at radius 3 is 2.74 bits per heavy atom. The number of nitrogens with zero attached hydrogens (tertiary/aromatic N) is 1. The monoisotopic (exact) mass is 406 g/mol. The van der Waals surface area contributed by atoms with E-state index in [4.69, 9.17) is 32.7 Å². The Hall–Kier alpha value is -1.95. The number of hydrogen-bond donors (Lipinski definition) is 1. The summed E-state index contributed by atoms with van der Waals surface area (Å²) in [6.45, 7) is 2.32. The molecule has 27 heavy (non-hydrogen) atoms. The lowest BCUT2D eigenvalue weighted by atomic mass is 10.0. The highest BCUT2D eigenvalue weighted by atomic mass is 35.5. The standard InChI is InChI=1S/C20H20Cl2N2O3/c21-14-4-5-16(15(22)11-14)23-20(25)12-24-7-1-2-17(24)13-3-6-18-19(10-13)27-9-8-26-18/h3-6,10-11,17H,1-2,7-9,12H2,(H,23,25)/t17-/m0/s1. The normalized spacial score (nSPS) is 19.1. The van der Waals surface area contributed by atoms with Crippen LogP contribution in [0.25, 0.3) is 0 Å². The largest absolute Gasteiger partial charge is 0.486 e. The number of nitrogens with one attached hydrogen (secondary N) is 1. The van der Waals surface area contributed by atoms with Crippen LogP contribution in [-0.2, 0) is 4.79 Å². The number of amides is 1. The molecule has 2 aliphatic rings. The highest BCUT2D eigenvalue weighted by molar-refractivity contribution is 6.36. The van der Waals surface area contributed by atoms with Crippen molar-refractivity contribution in [1.29, 1.82) is 0 Å². The topological polar surface area (TPSA) is 50.8 Å². The van der Waals surface area contributed by atoms with E-state index in [2.05, 4.69) is 16.3 Å². The first-order chi connectivity index (χ1) is 13.1. The fourth-order valence-corrected chi connectivity index (χ4v) is 4.08. The van der Waals surface area contributed by atoms with Gasteiger partial charge in [-0.25, -0.2) is 0 Å². The number of ether oxygens (including phenoxy) is 2. The molecule has 4 rings (SSSR count). The number of rotatable bonds is 4. The van der Waals surface area contributed by atoms with Crippen molar-refractivity contribution >= 4 is 34.8 Å². The summed E-state index contributed by atoms with van der Waals surface area (Å²) >= 11 is 12.0. The molecule has 2 aliphatic heterocycles. The summed E-state index contributed by atoms with van der Waals surface area (Å²) in [6.07, 6.45) is 2.06. The van der Waals surface area contributed by atoms with Gasteiger partial charge in [-0.15, -0.1) is 0 Å². The van der Waals surface area contributed by atoms with Gasteiger partial charge in [-0.1, -0.05) is 29.3 Å². The summed E-state index contributed by atoms with van der Waals surface area (Å²) in [5.41, 5.74) is 1.72. The molecular formula is C20H20Cl2N2O3. The molecule has 142 valence electrons. The summed E-state index contributed by atoms with van der Waals surface area (Å²) in [4.78, 5) is 14.7. The maximum Gasteiger partial charge on any atom is 0.238 e. The number of anilines is 1. The minimum atomic E-state index is -0.0938. The molecule has 0 bridgehead atoms. The van der Waals surface area contributed by atoms with Gasteiger partial charge in [0, 0.05) is 11.1 Å². The van der Waals surface area contributed by atoms with Gasteiger partial charge in [-0.05, 0) is 55.3 Å². The zero-order valence-corrected chi connectivity index (χ0v) is 16.2. The van der Waals surface area contributed by atoms with Crippen LogP contribution >= 0.6 is 23.2 Å². The molecule has 0 radical (unpaired) electrons. The third-order valence-electron chi connectivity index (χ3n) is 4.87. The summed E-state index contributed by atoms with van der Waals surface area (Å²) in [7, 11) is 0. The van der Waals surface area contributed by atoms with Crippen molar-refractivity contribution in [3.05, 3.63) is 52.0 Å². The molecule has 1 saturated heterocycles. The summed E-state index contributed by atoms with van der Waals surface area (Å²) in [5.74, 6) is 1.47. The second-order valence-corrected chi connectivity index (χ2v) is 7.55. The number of carbonyl (C=O) groups excluding carboxylic acids is 1. The third-order valence-corrected chi connectivity index (χ3v) is 5.41. The van der Waals surface area contributed by atoms with E-state index in [0.717, 1.165) is 36.4 Å². The van der Waals surface area contributed by atoms with Gasteiger partial charge in [0.2, 0.25) is 5.91 Å². The first kappa shape index (κ1) is 18.4. The molecule has 1 N–H and O–H groups in total. The molecule has 0 spiro atoms. The van der Waals surface area contributed by atoms with E-state index in [1.807, 2.05) is 12.1 Å². The SMILES string of the molecule is O=C(CN1CCC[C@H]1c1ccc2c(c1)OCCO2)Nc1ccc(Cl)cc1Cl. The maximum atomic E-state index is 12.5. The van der Waals surface area contributed by atoms with Crippen LogP contribution in [-0.4, -0.2) is 37.1 Å². The Kier molecular flexibility index (Phi) is 5.43. The average Bonchev–Trinajstić information content (AvgIpc) is 3.11. The number of halogens is 2. The second-order valence-electron chi connectivity index (χ2n) is 6.70. The molecule has 5 nitrogen and oxygen atoms in total. The fourth-order valence-electron chi connectivity index (χ4n) is 3.63. The van der Waals surface area contributed by atoms with E-state index in [1.165, 1.54) is 0 Å². The van der Waals surface area contributed by atoms with Gasteiger partial charge < -0.3 is 14.8 Å². The van der Waals surface area contributed by atoms with E-state index in [9.17, 15) is 4.79 Å². The number of hydrogen-bond acceptors (Lipinski definition) is 4. The van der Waals surface area contributed by atoms with Gasteiger partial charge in [0.25, 0.3) is 0 Å². The Labute approximate surface area is 168 Å². The van der Waals surface area contributed by atoms with Crippen LogP contribution in [0.5, 0.6) is 11.5 Å². The minimum Gasteiger partial charge on any atom is -0.486 e. The zero-order chi connectivity index (χ0) is 18.8. The van der Waals surface area contributed by atoms with Crippen molar-refractivity contribution < 1.29 is 14.3 Å². The van der Waals surface area contributed by atoms with Crippen LogP contribution in [0.3, 0.4) is 0 Å². The minimum absolute atomic E-state index is 0.0938. The molecular weight excluding hydrogens is 387 g/mol. The highest BCUT2D eigenvalue weighted by Gasteiger charge is 2.28. The smallest absolute Gasteiger partial charge is 0.238 e. The highest BCUT2D eigenvalue weighted by Crippen LogP contribution is 2.38. The number of fused-ring (bicyclic) bond motifs is 1. The van der Waals surface area contributed by atoms with Crippen molar-refractivity contribution in [1.82, 2.24) is 4.90 Å². The summed E-state index contributed by atoms with van der Waals surface area (Å²) in [6, 6.07) is 11.3. The quantitative estimate of drug-likeness (QED) is 0.809. The number of likely N-dealkylation sites (tertiary alicyclic amines) is 1. The summed E-state index contributed by atoms with van der Waals surface area (Å²) in [5, 5.41) is 3.84. The molecule has 2 aromatic carbocycles. The van der Waals surface area contributed by atoms with Crippen LogP contribution in [0.15, 0.2) is 36.4 Å². The van der Waals surface area contributed by atoms with Crippen molar-refractivity contribution in [2.75, 3.05) is 31.6 Å². The molecule has 0 saturated carbocycles. The Balaban J connectivity index is 1.44. The third kappa shape index (κ3) is 4.15. The van der Waals surface area contributed by atoms with E-state index >= 15 is 0 Å². The predicted octanol–water partition coefficient (Wildman–Crippen LogP) is 4.54. The van der Waals surface area contributed by atoms with Gasteiger partial charge in [-0.3, -0.25) is 9.69 Å². The molecule has 2 heterocycles. The predicted molar refractivity (Wildman–Crippen MR) is 106 cm³/mol. The lowest BCUT2D eigenvalue weighted by Crippen LogP contribution is -2.33. The fraction of sp³-hybridized carbons (Fsp3) is 0.350. The Morgan fingerprint density at radius 2 is 1.93 bits per heavy atom. The van der Waals surface area contributed by atoms with Crippen LogP contribution < -0.4 is 14.8 Å². The number of carbonyl (C=O) groups is 1. The maximum absolute atomic E-state index is 12.5. The van der Waals surface area contributed by atoms with Gasteiger partial charge in [-0.2, -0.15) is 0 Å². The second kappa shape index (κ2) is 7.97. The van der Waals surface area contributed by atoms with Gasteiger partial charge in [0.1, 0.15) is 13.2 Å². The molecule has 1 fully saturated rings. The molecule has 0 unspecified atom stereocenters. The van der Waals surface area contributed by atoms with Crippen LogP contribution in [0.2, 0.25) is 10.0 Å². The van der Waals surface area contributed by atoms with Gasteiger partial charge >= 0.3 is 0 Å². The van der Waals surface area contributed by atoms with E-state index < -0.39 is 0 Å². The zero-order valence-electron chi connectivity index (χ0n) is 14.7. The average molecular weight is 407 g/mol. The van der Waals surface area contributed by atoms with E-state index in [-0.39, 0.29) is 11.9 Å². The summed E-state index contributed by atoms with van der Waals surface area (Å²) < 4.78 is 11.3. The molecule has 0 aromatic heterocycles. The van der Waals surface area contributed by atoms with Crippen LogP contribution in [0.4, 0.5) is 5.69 Å². The van der Waals surface area contributed by atoms with Crippen LogP contribution in [0, 0.1) is 0 Å². The van der Waals surface area contributed by atoms with E-state index in [1.54, 1.807) is 18.2 Å². The van der Waals surface area contributed by atoms with Gasteiger partial charge in [0.05, 0.1) is 17.3 Å². The number of benzene rings is 2. The molecule has 7 heteroatoms. The van der Waals surface area contributed by atoms with E-state index in [0.29, 0.717) is 35.5 Å². The first-order valence-electron chi connectivity index (χ1n) is 8.98. The van der Waals surface area contributed by atoms with Crippen molar-refractivity contribution in [3.8, 4) is 11.5 Å². The van der Waals surface area contributed by atoms with Crippen molar-refractivity contribution in [3.63, 3.8) is 0 Å². The lowest BCUT2D eigenvalue weighted by molar-refractivity contribution is -0.117. The molecule has 1 amide bonds. The van der Waals surface area contributed by atoms with Crippen LogP contribution in [0.1, 0.15) is 24.4 Å². The van der Waals surface area contributed by atoms with Crippen molar-refractivity contribution in [2.45, 2.75) is 18.9 Å². The molecule has 0 aliphatic carbocycles. The first-order valence-corrected chi connectivity index (χ1v) is 9.74. The molecule has 2 aromatic rings. The van der Waals surface area contributed by atoms with Gasteiger partial charge in [0.15, 0.2) is 11.5 Å². The lowest BCUT2D eigenvalue weighted by Gasteiger charge is -2.26.